The van der Waals surface area contributed by atoms with Crippen LogP contribution in [0.2, 0.25) is 0 Å². The molecule has 0 spiro atoms. The van der Waals surface area contributed by atoms with E-state index in [0.29, 0.717) is 12.0 Å². The highest BCUT2D eigenvalue weighted by atomic mass is 16.5. The van der Waals surface area contributed by atoms with Crippen molar-refractivity contribution in [3.8, 4) is 0 Å². The third-order valence-corrected chi connectivity index (χ3v) is 2.46. The number of hydrogen-bond acceptors (Lipinski definition) is 3. The lowest BCUT2D eigenvalue weighted by atomic mass is 9.90. The molecule has 3 heteroatoms. The highest BCUT2D eigenvalue weighted by Gasteiger charge is 2.28. The monoisotopic (exact) mass is 229 g/mol. The van der Waals surface area contributed by atoms with E-state index in [1.54, 1.807) is 0 Å². The van der Waals surface area contributed by atoms with Gasteiger partial charge >= 0.3 is 5.97 Å². The number of esters is 1. The van der Waals surface area contributed by atoms with Crippen LogP contribution in [0.5, 0.6) is 0 Å². The molecule has 0 bridgehead atoms. The lowest BCUT2D eigenvalue weighted by Gasteiger charge is -2.25. The predicted molar refractivity (Wildman–Crippen MR) is 67.4 cm³/mol. The van der Waals surface area contributed by atoms with Crippen LogP contribution in [0.3, 0.4) is 0 Å². The van der Waals surface area contributed by atoms with Crippen LogP contribution >= 0.6 is 0 Å². The van der Waals surface area contributed by atoms with Crippen LogP contribution in [0.15, 0.2) is 0 Å². The van der Waals surface area contributed by atoms with E-state index in [0.717, 1.165) is 19.4 Å². The number of carbonyl (C=O) groups excluding carboxylic acids is 1. The molecule has 16 heavy (non-hydrogen) atoms. The van der Waals surface area contributed by atoms with Crippen molar-refractivity contribution in [2.75, 3.05) is 13.2 Å². The van der Waals surface area contributed by atoms with Gasteiger partial charge in [-0.2, -0.15) is 0 Å². The van der Waals surface area contributed by atoms with E-state index in [2.05, 4.69) is 26.1 Å². The fraction of sp³-hybridized carbons (Fsp3) is 0.923. The molecular formula is C13H27NO2. The minimum absolute atomic E-state index is 0.175. The molecule has 0 saturated carbocycles. The van der Waals surface area contributed by atoms with Crippen LogP contribution in [0.4, 0.5) is 0 Å². The Bertz CT molecular complexity index is 216. The lowest BCUT2D eigenvalue weighted by molar-refractivity contribution is -0.149. The van der Waals surface area contributed by atoms with Gasteiger partial charge in [0.05, 0.1) is 6.61 Å². The summed E-state index contributed by atoms with van der Waals surface area (Å²) in [5.74, 6) is -0.175. The molecule has 0 aromatic carbocycles. The predicted octanol–water partition coefficient (Wildman–Crippen LogP) is 2.74. The second-order valence-corrected chi connectivity index (χ2v) is 5.94. The zero-order chi connectivity index (χ0) is 12.8. The van der Waals surface area contributed by atoms with Crippen molar-refractivity contribution in [3.05, 3.63) is 0 Å². The van der Waals surface area contributed by atoms with E-state index in [4.69, 9.17) is 4.74 Å². The summed E-state index contributed by atoms with van der Waals surface area (Å²) >= 11 is 0. The average Bonchev–Trinajstić information content (AvgIpc) is 2.11. The molecule has 0 amide bonds. The molecule has 0 radical (unpaired) electrons. The summed E-state index contributed by atoms with van der Waals surface area (Å²) in [5, 5.41) is 3.24. The Balaban J connectivity index is 3.87. The van der Waals surface area contributed by atoms with Gasteiger partial charge in [0.2, 0.25) is 0 Å². The maximum Gasteiger partial charge on any atom is 0.325 e. The molecule has 0 aliphatic rings. The molecule has 0 aliphatic carbocycles. The van der Waals surface area contributed by atoms with E-state index in [-0.39, 0.29) is 5.97 Å². The fourth-order valence-electron chi connectivity index (χ4n) is 1.40. The minimum Gasteiger partial charge on any atom is -0.465 e. The summed E-state index contributed by atoms with van der Waals surface area (Å²) < 4.78 is 5.00. The Hall–Kier alpha value is -0.570. The third-order valence-electron chi connectivity index (χ3n) is 2.46. The summed E-state index contributed by atoms with van der Waals surface area (Å²) in [6.45, 7) is 13.5. The Labute approximate surface area is 99.9 Å². The summed E-state index contributed by atoms with van der Waals surface area (Å²) in [6.07, 6.45) is 2.23. The first-order valence-electron chi connectivity index (χ1n) is 6.11. The van der Waals surface area contributed by atoms with Crippen molar-refractivity contribution < 1.29 is 9.53 Å². The summed E-state index contributed by atoms with van der Waals surface area (Å²) in [5.41, 5.74) is -0.219. The normalized spacial score (nSPS) is 12.6. The van der Waals surface area contributed by atoms with Gasteiger partial charge in [0.1, 0.15) is 5.54 Å². The molecule has 0 atom stereocenters. The first kappa shape index (κ1) is 15.4. The Morgan fingerprint density at radius 3 is 2.19 bits per heavy atom. The van der Waals surface area contributed by atoms with E-state index in [1.165, 1.54) is 0 Å². The molecule has 0 aromatic rings. The zero-order valence-electron chi connectivity index (χ0n) is 11.6. The molecule has 0 rings (SSSR count). The van der Waals surface area contributed by atoms with Crippen molar-refractivity contribution in [1.82, 2.24) is 5.32 Å². The van der Waals surface area contributed by atoms with Gasteiger partial charge in [-0.15, -0.1) is 0 Å². The van der Waals surface area contributed by atoms with Crippen LogP contribution in [-0.4, -0.2) is 24.7 Å². The van der Waals surface area contributed by atoms with Crippen molar-refractivity contribution in [3.63, 3.8) is 0 Å². The van der Waals surface area contributed by atoms with Gasteiger partial charge in [-0.3, -0.25) is 4.79 Å². The van der Waals surface area contributed by atoms with Gasteiger partial charge in [-0.25, -0.2) is 0 Å². The quantitative estimate of drug-likeness (QED) is 0.562. The first-order valence-corrected chi connectivity index (χ1v) is 6.11. The SMILES string of the molecule is CCOC(=O)C(C)(C)NCCCC(C)(C)C. The highest BCUT2D eigenvalue weighted by Crippen LogP contribution is 2.20. The largest absolute Gasteiger partial charge is 0.465 e. The molecule has 96 valence electrons. The molecule has 3 nitrogen and oxygen atoms in total. The van der Waals surface area contributed by atoms with Crippen molar-refractivity contribution in [2.24, 2.45) is 5.41 Å². The van der Waals surface area contributed by atoms with Gasteiger partial charge < -0.3 is 10.1 Å². The third kappa shape index (κ3) is 6.83. The van der Waals surface area contributed by atoms with Crippen LogP contribution in [0, 0.1) is 5.41 Å². The minimum atomic E-state index is -0.576. The second kappa shape index (κ2) is 6.24. The highest BCUT2D eigenvalue weighted by molar-refractivity contribution is 5.79. The standard InChI is InChI=1S/C13H27NO2/c1-7-16-11(15)13(5,6)14-10-8-9-12(2,3)4/h14H,7-10H2,1-6H3. The van der Waals surface area contributed by atoms with Gasteiger partial charge in [-0.1, -0.05) is 20.8 Å². The van der Waals surface area contributed by atoms with E-state index in [1.807, 2.05) is 20.8 Å². The van der Waals surface area contributed by atoms with Crippen LogP contribution in [0.1, 0.15) is 54.4 Å². The molecule has 0 aromatic heterocycles. The summed E-state index contributed by atoms with van der Waals surface area (Å²) in [6, 6.07) is 0. The summed E-state index contributed by atoms with van der Waals surface area (Å²) in [4.78, 5) is 11.6. The van der Waals surface area contributed by atoms with Crippen molar-refractivity contribution in [2.45, 2.75) is 59.9 Å². The second-order valence-electron chi connectivity index (χ2n) is 5.94. The Morgan fingerprint density at radius 2 is 1.75 bits per heavy atom. The molecular weight excluding hydrogens is 202 g/mol. The maximum absolute atomic E-state index is 11.6. The number of ether oxygens (including phenoxy) is 1. The van der Waals surface area contributed by atoms with E-state index >= 15 is 0 Å². The first-order chi connectivity index (χ1) is 7.19. The topological polar surface area (TPSA) is 38.3 Å². The molecule has 0 heterocycles. The smallest absolute Gasteiger partial charge is 0.325 e. The molecule has 0 unspecified atom stereocenters. The number of hydrogen-bond donors (Lipinski definition) is 1. The van der Waals surface area contributed by atoms with Crippen LogP contribution < -0.4 is 5.32 Å². The molecule has 0 saturated heterocycles. The summed E-state index contributed by atoms with van der Waals surface area (Å²) in [7, 11) is 0. The molecule has 1 N–H and O–H groups in total. The molecule has 0 aliphatic heterocycles. The van der Waals surface area contributed by atoms with Gasteiger partial charge in [0, 0.05) is 0 Å². The molecule has 0 fully saturated rings. The fourth-order valence-corrected chi connectivity index (χ4v) is 1.40. The van der Waals surface area contributed by atoms with Gasteiger partial charge in [0.25, 0.3) is 0 Å². The van der Waals surface area contributed by atoms with Crippen molar-refractivity contribution >= 4 is 5.97 Å². The van der Waals surface area contributed by atoms with E-state index in [9.17, 15) is 4.79 Å². The van der Waals surface area contributed by atoms with E-state index < -0.39 is 5.54 Å². The van der Waals surface area contributed by atoms with Gasteiger partial charge in [-0.05, 0) is 45.6 Å². The number of carbonyl (C=O) groups is 1. The Morgan fingerprint density at radius 1 is 1.19 bits per heavy atom. The Kier molecular flexibility index (Phi) is 6.01. The maximum atomic E-state index is 11.6. The zero-order valence-corrected chi connectivity index (χ0v) is 11.6. The number of rotatable bonds is 6. The number of nitrogens with one attached hydrogen (secondary N) is 1. The lowest BCUT2D eigenvalue weighted by Crippen LogP contribution is -2.48. The van der Waals surface area contributed by atoms with Crippen molar-refractivity contribution in [1.29, 1.82) is 0 Å². The van der Waals surface area contributed by atoms with Crippen LogP contribution in [0.25, 0.3) is 0 Å². The van der Waals surface area contributed by atoms with Gasteiger partial charge in [0.15, 0.2) is 0 Å². The van der Waals surface area contributed by atoms with Crippen LogP contribution in [-0.2, 0) is 9.53 Å². The average molecular weight is 229 g/mol.